The highest BCUT2D eigenvalue weighted by molar-refractivity contribution is 5.94. The van der Waals surface area contributed by atoms with Gasteiger partial charge in [0.25, 0.3) is 5.91 Å². The lowest BCUT2D eigenvalue weighted by Gasteiger charge is -2.30. The number of halogens is 2. The van der Waals surface area contributed by atoms with Crippen LogP contribution in [0.2, 0.25) is 0 Å². The van der Waals surface area contributed by atoms with E-state index in [1.807, 2.05) is 18.2 Å². The quantitative estimate of drug-likeness (QED) is 0.655. The van der Waals surface area contributed by atoms with Gasteiger partial charge in [0.1, 0.15) is 17.5 Å². The molecule has 1 saturated carbocycles. The number of rotatable bonds is 4. The van der Waals surface area contributed by atoms with Crippen LogP contribution in [-0.4, -0.2) is 23.0 Å². The fourth-order valence-electron chi connectivity index (χ4n) is 3.95. The number of aryl methyl sites for hydroxylation is 1. The van der Waals surface area contributed by atoms with Gasteiger partial charge in [-0.25, -0.2) is 13.8 Å². The number of nitrogens with zero attached hydrogens (tertiary/aromatic N) is 1. The van der Waals surface area contributed by atoms with Gasteiger partial charge in [-0.05, 0) is 62.4 Å². The van der Waals surface area contributed by atoms with Gasteiger partial charge in [0.15, 0.2) is 0 Å². The summed E-state index contributed by atoms with van der Waals surface area (Å²) in [6.45, 7) is 2.08. The largest absolute Gasteiger partial charge is 0.367 e. The summed E-state index contributed by atoms with van der Waals surface area (Å²) in [4.78, 5) is 17.0. The van der Waals surface area contributed by atoms with Crippen molar-refractivity contribution in [2.24, 2.45) is 0 Å². The highest BCUT2D eigenvalue weighted by Crippen LogP contribution is 2.25. The number of benzene rings is 2. The number of carbonyl (C=O) groups excluding carboxylic acids is 1. The molecule has 0 aliphatic heterocycles. The third-order valence-corrected chi connectivity index (χ3v) is 5.51. The molecule has 150 valence electrons. The van der Waals surface area contributed by atoms with Crippen molar-refractivity contribution in [3.63, 3.8) is 0 Å². The van der Waals surface area contributed by atoms with Gasteiger partial charge in [0, 0.05) is 23.5 Å². The molecule has 1 aliphatic carbocycles. The smallest absolute Gasteiger partial charge is 0.254 e. The summed E-state index contributed by atoms with van der Waals surface area (Å²) >= 11 is 0. The van der Waals surface area contributed by atoms with E-state index >= 15 is 0 Å². The minimum Gasteiger partial charge on any atom is -0.367 e. The normalized spacial score (nSPS) is 19.1. The maximum absolute atomic E-state index is 13.8. The molecule has 1 heterocycles. The Labute approximate surface area is 168 Å². The van der Waals surface area contributed by atoms with Crippen LogP contribution in [0.4, 0.5) is 14.6 Å². The zero-order valence-corrected chi connectivity index (χ0v) is 16.2. The number of amides is 1. The standard InChI is InChI=1S/C23H23F2N3O/c1-14-12-22(28-21-5-3-2-4-18(14)21)26-16-7-9-17(10-8-16)27-23(29)19-11-6-15(24)13-20(19)25/h2-6,11-13,16-17H,7-10H2,1H3,(H,26,28)(H,27,29). The average molecular weight is 395 g/mol. The number of hydrogen-bond donors (Lipinski definition) is 2. The van der Waals surface area contributed by atoms with Gasteiger partial charge in [0.05, 0.1) is 11.1 Å². The SMILES string of the molecule is Cc1cc(NC2CCC(NC(=O)c3ccc(F)cc3F)CC2)nc2ccccc12. The van der Waals surface area contributed by atoms with Crippen LogP contribution in [0.15, 0.2) is 48.5 Å². The molecule has 0 atom stereocenters. The Hall–Kier alpha value is -3.02. The van der Waals surface area contributed by atoms with E-state index in [2.05, 4.69) is 29.7 Å². The lowest BCUT2D eigenvalue weighted by atomic mass is 9.91. The van der Waals surface area contributed by atoms with Crippen molar-refractivity contribution in [2.45, 2.75) is 44.7 Å². The molecule has 1 fully saturated rings. The van der Waals surface area contributed by atoms with Crippen molar-refractivity contribution < 1.29 is 13.6 Å². The second-order valence-electron chi connectivity index (χ2n) is 7.63. The number of para-hydroxylation sites is 1. The third-order valence-electron chi connectivity index (χ3n) is 5.51. The third kappa shape index (κ3) is 4.36. The first-order valence-corrected chi connectivity index (χ1v) is 9.88. The van der Waals surface area contributed by atoms with E-state index in [-0.39, 0.29) is 17.6 Å². The molecule has 3 aromatic rings. The predicted octanol–water partition coefficient (Wildman–Crippen LogP) is 4.97. The van der Waals surface area contributed by atoms with Crippen molar-refractivity contribution >= 4 is 22.6 Å². The molecule has 1 amide bonds. The summed E-state index contributed by atoms with van der Waals surface area (Å²) in [6, 6.07) is 13.4. The van der Waals surface area contributed by atoms with Gasteiger partial charge in [-0.3, -0.25) is 4.79 Å². The van der Waals surface area contributed by atoms with Gasteiger partial charge >= 0.3 is 0 Å². The summed E-state index contributed by atoms with van der Waals surface area (Å²) in [6.07, 6.45) is 3.34. The molecule has 0 bridgehead atoms. The van der Waals surface area contributed by atoms with E-state index in [0.29, 0.717) is 0 Å². The number of hydrogen-bond acceptors (Lipinski definition) is 3. The average Bonchev–Trinajstić information content (AvgIpc) is 2.69. The van der Waals surface area contributed by atoms with Crippen LogP contribution >= 0.6 is 0 Å². The van der Waals surface area contributed by atoms with Gasteiger partial charge in [-0.15, -0.1) is 0 Å². The molecule has 4 rings (SSSR count). The van der Waals surface area contributed by atoms with E-state index in [9.17, 15) is 13.6 Å². The van der Waals surface area contributed by atoms with Gasteiger partial charge in [-0.2, -0.15) is 0 Å². The van der Waals surface area contributed by atoms with E-state index < -0.39 is 17.5 Å². The van der Waals surface area contributed by atoms with Crippen molar-refractivity contribution in [1.82, 2.24) is 10.3 Å². The van der Waals surface area contributed by atoms with Crippen LogP contribution in [0, 0.1) is 18.6 Å². The Morgan fingerprint density at radius 2 is 1.72 bits per heavy atom. The zero-order chi connectivity index (χ0) is 20.4. The number of nitrogens with one attached hydrogen (secondary N) is 2. The molecule has 1 aliphatic rings. The first kappa shape index (κ1) is 19.3. The molecule has 0 saturated heterocycles. The maximum Gasteiger partial charge on any atom is 0.254 e. The molecule has 0 spiro atoms. The lowest BCUT2D eigenvalue weighted by molar-refractivity contribution is 0.0922. The number of aromatic nitrogens is 1. The van der Waals surface area contributed by atoms with Crippen LogP contribution in [0.25, 0.3) is 10.9 Å². The number of carbonyl (C=O) groups is 1. The van der Waals surface area contributed by atoms with Crippen LogP contribution in [-0.2, 0) is 0 Å². The second kappa shape index (κ2) is 8.15. The molecular weight excluding hydrogens is 372 g/mol. The minimum atomic E-state index is -0.837. The van der Waals surface area contributed by atoms with Crippen LogP contribution in [0.1, 0.15) is 41.6 Å². The topological polar surface area (TPSA) is 54.0 Å². The summed E-state index contributed by atoms with van der Waals surface area (Å²) in [5.74, 6) is -1.16. The number of anilines is 1. The van der Waals surface area contributed by atoms with Crippen molar-refractivity contribution in [1.29, 1.82) is 0 Å². The lowest BCUT2D eigenvalue weighted by Crippen LogP contribution is -2.40. The van der Waals surface area contributed by atoms with Crippen LogP contribution in [0.3, 0.4) is 0 Å². The Kier molecular flexibility index (Phi) is 5.43. The molecular formula is C23H23F2N3O. The van der Waals surface area contributed by atoms with Gasteiger partial charge in [-0.1, -0.05) is 18.2 Å². The fraction of sp³-hybridized carbons (Fsp3) is 0.304. The summed E-state index contributed by atoms with van der Waals surface area (Å²) in [7, 11) is 0. The highest BCUT2D eigenvalue weighted by Gasteiger charge is 2.24. The van der Waals surface area contributed by atoms with Gasteiger partial charge < -0.3 is 10.6 Å². The Bertz CT molecular complexity index is 1050. The van der Waals surface area contributed by atoms with E-state index in [1.165, 1.54) is 11.6 Å². The van der Waals surface area contributed by atoms with Crippen molar-refractivity contribution in [3.8, 4) is 0 Å². The monoisotopic (exact) mass is 395 g/mol. The highest BCUT2D eigenvalue weighted by atomic mass is 19.1. The Morgan fingerprint density at radius 1 is 1.00 bits per heavy atom. The van der Waals surface area contributed by atoms with Gasteiger partial charge in [0.2, 0.25) is 0 Å². The minimum absolute atomic E-state index is 0.0173. The number of pyridine rings is 1. The summed E-state index contributed by atoms with van der Waals surface area (Å²) in [5, 5.41) is 7.53. The first-order valence-electron chi connectivity index (χ1n) is 9.88. The molecule has 2 N–H and O–H groups in total. The van der Waals surface area contributed by atoms with E-state index in [0.717, 1.165) is 54.5 Å². The Balaban J connectivity index is 1.34. The van der Waals surface area contributed by atoms with Crippen LogP contribution < -0.4 is 10.6 Å². The second-order valence-corrected chi connectivity index (χ2v) is 7.63. The Morgan fingerprint density at radius 3 is 2.48 bits per heavy atom. The summed E-state index contributed by atoms with van der Waals surface area (Å²) < 4.78 is 26.8. The van der Waals surface area contributed by atoms with Crippen LogP contribution in [0.5, 0.6) is 0 Å². The fourth-order valence-corrected chi connectivity index (χ4v) is 3.95. The predicted molar refractivity (Wildman–Crippen MR) is 110 cm³/mol. The molecule has 1 aromatic heterocycles. The van der Waals surface area contributed by atoms with E-state index in [1.54, 1.807) is 0 Å². The maximum atomic E-state index is 13.8. The molecule has 2 aromatic carbocycles. The number of fused-ring (bicyclic) bond motifs is 1. The zero-order valence-electron chi connectivity index (χ0n) is 16.2. The molecule has 4 nitrogen and oxygen atoms in total. The molecule has 0 radical (unpaired) electrons. The summed E-state index contributed by atoms with van der Waals surface area (Å²) in [5.41, 5.74) is 2.03. The first-order chi connectivity index (χ1) is 14.0. The molecule has 0 unspecified atom stereocenters. The molecule has 6 heteroatoms. The van der Waals surface area contributed by atoms with Crippen molar-refractivity contribution in [3.05, 3.63) is 71.3 Å². The van der Waals surface area contributed by atoms with Crippen molar-refractivity contribution in [2.75, 3.05) is 5.32 Å². The molecule has 29 heavy (non-hydrogen) atoms. The van der Waals surface area contributed by atoms with E-state index in [4.69, 9.17) is 4.98 Å².